The van der Waals surface area contributed by atoms with Crippen LogP contribution in [-0.2, 0) is 47.3 Å². The standard InChI is InChI=1S/C39H69N3O11Si/c1-15-27-39(11)29(28(34(40)41-47)36(46)52-39)23(7)30(43)21(5)20-38(10,48-14)33(24(8)31(44)25(9)35(45)50-27)51-37-32(53-54(16-2,17-3)18-4)26(42(12)13)19-22(6)49-37/h21-29,32-33,37,47H,15-20H2,1-14H3,(H2,40,41)/t21-,22-,23-,24+,25-,26+,27+,28-,29+,32-,33-,37?,38-,39+/m1/s1. The summed E-state index contributed by atoms with van der Waals surface area (Å²) in [6.45, 7) is 20.3. The van der Waals surface area contributed by atoms with E-state index in [4.69, 9.17) is 33.8 Å². The highest BCUT2D eigenvalue weighted by atomic mass is 28.4. The lowest BCUT2D eigenvalue weighted by Gasteiger charge is -2.50. The van der Waals surface area contributed by atoms with Gasteiger partial charge in [0.15, 0.2) is 31.8 Å². The van der Waals surface area contributed by atoms with E-state index in [2.05, 4.69) is 30.8 Å². The van der Waals surface area contributed by atoms with E-state index in [-0.39, 0.29) is 30.8 Å². The molecule has 0 amide bonds. The Hall–Kier alpha value is -2.43. The predicted octanol–water partition coefficient (Wildman–Crippen LogP) is 4.93. The number of carbonyl (C=O) groups is 4. The van der Waals surface area contributed by atoms with Gasteiger partial charge in [-0.15, -0.1) is 0 Å². The predicted molar refractivity (Wildman–Crippen MR) is 205 cm³/mol. The van der Waals surface area contributed by atoms with Gasteiger partial charge in [0, 0.05) is 36.8 Å². The number of ether oxygens (including phenoxy) is 5. The Bertz CT molecular complexity index is 1370. The fourth-order valence-corrected chi connectivity index (χ4v) is 12.3. The summed E-state index contributed by atoms with van der Waals surface area (Å²) in [6, 6.07) is 2.69. The van der Waals surface area contributed by atoms with Crippen molar-refractivity contribution < 1.29 is 52.5 Å². The highest BCUT2D eigenvalue weighted by Crippen LogP contribution is 2.48. The number of hydrogen-bond acceptors (Lipinski definition) is 13. The number of Topliss-reactive ketones (excluding diaryl/α,β-unsaturated/α-hetero) is 2. The summed E-state index contributed by atoms with van der Waals surface area (Å²) in [6.07, 6.45) is -2.62. The van der Waals surface area contributed by atoms with Gasteiger partial charge in [0.05, 0.1) is 17.8 Å². The van der Waals surface area contributed by atoms with Gasteiger partial charge in [0.25, 0.3) is 0 Å². The van der Waals surface area contributed by atoms with Crippen molar-refractivity contribution in [1.82, 2.24) is 4.90 Å². The molecule has 0 aromatic heterocycles. The maximum Gasteiger partial charge on any atom is 0.317 e. The van der Waals surface area contributed by atoms with Crippen LogP contribution in [0, 0.1) is 35.5 Å². The lowest BCUT2D eigenvalue weighted by molar-refractivity contribution is -0.292. The average Bonchev–Trinajstić information content (AvgIpc) is 3.42. The monoisotopic (exact) mass is 783 g/mol. The summed E-state index contributed by atoms with van der Waals surface area (Å²) in [5.74, 6) is -8.72. The first-order valence-corrected chi connectivity index (χ1v) is 22.4. The van der Waals surface area contributed by atoms with Crippen LogP contribution in [0.25, 0.3) is 0 Å². The van der Waals surface area contributed by atoms with Crippen LogP contribution in [0.15, 0.2) is 5.16 Å². The van der Waals surface area contributed by atoms with Crippen molar-refractivity contribution in [3.8, 4) is 0 Å². The second-order valence-corrected chi connectivity index (χ2v) is 21.4. The first-order chi connectivity index (χ1) is 25.2. The lowest BCUT2D eigenvalue weighted by atomic mass is 9.67. The second-order valence-electron chi connectivity index (χ2n) is 16.7. The first kappa shape index (κ1) is 46.0. The minimum absolute atomic E-state index is 0.0525. The number of oxime groups is 1. The van der Waals surface area contributed by atoms with E-state index in [0.717, 1.165) is 18.1 Å². The number of nitrogens with two attached hydrogens (primary N) is 1. The number of amidine groups is 1. The number of methoxy groups -OCH3 is 1. The lowest BCUT2D eigenvalue weighted by Crippen LogP contribution is -2.62. The van der Waals surface area contributed by atoms with Crippen molar-refractivity contribution in [3.05, 3.63) is 0 Å². The highest BCUT2D eigenvalue weighted by molar-refractivity contribution is 6.73. The number of nitrogens with zero attached hydrogens (tertiary/aromatic N) is 2. The molecule has 3 fully saturated rings. The van der Waals surface area contributed by atoms with Crippen LogP contribution in [0.4, 0.5) is 0 Å². The van der Waals surface area contributed by atoms with E-state index in [1.54, 1.807) is 41.5 Å². The SMILES string of the molecule is CC[C@@H]1OC(=O)[C@H](C)C(=O)[C@H](C)[C@@H](OC2O[C@H](C)C[C@H](N(C)C)[C@H]2O[Si](CC)(CC)CC)[C@](C)(OC)C[C@@H](C)C(=O)[C@H](C)[C@H]2[C@H](/C(N)=N/O)C(=O)O[C@]21C. The number of ketones is 2. The topological polar surface area (TPSA) is 186 Å². The van der Waals surface area contributed by atoms with Crippen molar-refractivity contribution in [2.45, 2.75) is 162 Å². The Morgan fingerprint density at radius 1 is 0.963 bits per heavy atom. The molecule has 14 nitrogen and oxygen atoms in total. The fraction of sp³-hybridized carbons (Fsp3) is 0.872. The molecule has 15 heteroatoms. The summed E-state index contributed by atoms with van der Waals surface area (Å²) in [7, 11) is 3.34. The third-order valence-corrected chi connectivity index (χ3v) is 17.7. The molecule has 3 heterocycles. The van der Waals surface area contributed by atoms with Gasteiger partial charge in [0.2, 0.25) is 0 Å². The molecule has 0 aromatic carbocycles. The number of likely N-dealkylation sites (N-methyl/N-ethyl adjacent to an activating group) is 1. The smallest absolute Gasteiger partial charge is 0.317 e. The van der Waals surface area contributed by atoms with Crippen molar-refractivity contribution in [1.29, 1.82) is 0 Å². The van der Waals surface area contributed by atoms with E-state index in [0.29, 0.717) is 6.42 Å². The van der Waals surface area contributed by atoms with Gasteiger partial charge >= 0.3 is 11.9 Å². The van der Waals surface area contributed by atoms with Gasteiger partial charge in [-0.3, -0.25) is 19.2 Å². The minimum Gasteiger partial charge on any atom is -0.458 e. The van der Waals surface area contributed by atoms with E-state index in [1.807, 2.05) is 21.0 Å². The van der Waals surface area contributed by atoms with Gasteiger partial charge in [-0.2, -0.15) is 0 Å². The van der Waals surface area contributed by atoms with Gasteiger partial charge in [-0.25, -0.2) is 0 Å². The molecule has 3 aliphatic heterocycles. The average molecular weight is 784 g/mol. The highest BCUT2D eigenvalue weighted by Gasteiger charge is 2.63. The molecule has 1 unspecified atom stereocenters. The van der Waals surface area contributed by atoms with Crippen LogP contribution in [0.5, 0.6) is 0 Å². The maximum atomic E-state index is 14.6. The van der Waals surface area contributed by atoms with E-state index < -0.39 is 103 Å². The van der Waals surface area contributed by atoms with Crippen molar-refractivity contribution in [2.75, 3.05) is 21.2 Å². The van der Waals surface area contributed by atoms with Crippen LogP contribution in [-0.4, -0.2) is 117 Å². The van der Waals surface area contributed by atoms with Crippen molar-refractivity contribution in [2.24, 2.45) is 46.4 Å². The zero-order valence-electron chi connectivity index (χ0n) is 35.2. The Balaban J connectivity index is 2.22. The van der Waals surface area contributed by atoms with E-state index in [1.165, 1.54) is 14.0 Å². The molecular formula is C39H69N3O11Si. The molecule has 0 aliphatic carbocycles. The molecule has 14 atom stereocenters. The first-order valence-electron chi connectivity index (χ1n) is 19.8. The van der Waals surface area contributed by atoms with Crippen molar-refractivity contribution >= 4 is 37.7 Å². The number of esters is 2. The Morgan fingerprint density at radius 3 is 2.06 bits per heavy atom. The second kappa shape index (κ2) is 18.2. The molecule has 0 saturated carbocycles. The van der Waals surface area contributed by atoms with Crippen LogP contribution < -0.4 is 5.73 Å². The molecule has 3 saturated heterocycles. The molecule has 0 radical (unpaired) electrons. The summed E-state index contributed by atoms with van der Waals surface area (Å²) in [5.41, 5.74) is 3.27. The maximum absolute atomic E-state index is 14.6. The Kier molecular flexibility index (Phi) is 15.5. The number of fused-ring (bicyclic) bond motifs is 1. The molecule has 0 bridgehead atoms. The molecule has 54 heavy (non-hydrogen) atoms. The number of cyclic esters (lactones) is 1. The summed E-state index contributed by atoms with van der Waals surface area (Å²) >= 11 is 0. The molecule has 3 rings (SSSR count). The normalized spacial score (nSPS) is 40.6. The zero-order chi connectivity index (χ0) is 41.1. The molecule has 3 aliphatic rings. The quantitative estimate of drug-likeness (QED) is 0.0547. The van der Waals surface area contributed by atoms with E-state index in [9.17, 15) is 24.4 Å². The summed E-state index contributed by atoms with van der Waals surface area (Å²) < 4.78 is 39.0. The number of carbonyl (C=O) groups excluding carboxylic acids is 4. The third-order valence-electron chi connectivity index (χ3n) is 13.1. The van der Waals surface area contributed by atoms with Gasteiger partial charge in [-0.1, -0.05) is 53.6 Å². The zero-order valence-corrected chi connectivity index (χ0v) is 36.2. The minimum atomic E-state index is -2.21. The summed E-state index contributed by atoms with van der Waals surface area (Å²) in [5, 5.41) is 12.8. The van der Waals surface area contributed by atoms with Crippen LogP contribution in [0.1, 0.15) is 95.4 Å². The molecule has 0 aromatic rings. The summed E-state index contributed by atoms with van der Waals surface area (Å²) in [4.78, 5) is 58.5. The van der Waals surface area contributed by atoms with Gasteiger partial charge < -0.3 is 44.0 Å². The van der Waals surface area contributed by atoms with Crippen LogP contribution in [0.3, 0.4) is 0 Å². The van der Waals surface area contributed by atoms with Crippen LogP contribution >= 0.6 is 0 Å². The fourth-order valence-electron chi connectivity index (χ4n) is 9.41. The third kappa shape index (κ3) is 8.91. The number of hydrogen-bond donors (Lipinski definition) is 2. The Labute approximate surface area is 323 Å². The molecule has 0 spiro atoms. The molecule has 310 valence electrons. The Morgan fingerprint density at radius 2 is 1.56 bits per heavy atom. The number of rotatable bonds is 11. The van der Waals surface area contributed by atoms with Gasteiger partial charge in [0.1, 0.15) is 29.8 Å². The van der Waals surface area contributed by atoms with Gasteiger partial charge in [-0.05, 0) is 79.2 Å². The largest absolute Gasteiger partial charge is 0.458 e. The van der Waals surface area contributed by atoms with E-state index >= 15 is 0 Å². The van der Waals surface area contributed by atoms with Crippen LogP contribution in [0.2, 0.25) is 18.1 Å². The molecular weight excluding hydrogens is 715 g/mol. The van der Waals surface area contributed by atoms with Crippen molar-refractivity contribution in [3.63, 3.8) is 0 Å². The molecule has 3 N–H and O–H groups in total.